The van der Waals surface area contributed by atoms with Crippen molar-refractivity contribution in [2.24, 2.45) is 0 Å². The summed E-state index contributed by atoms with van der Waals surface area (Å²) in [5, 5.41) is 7.11. The van der Waals surface area contributed by atoms with Crippen molar-refractivity contribution >= 4 is 27.5 Å². The highest BCUT2D eigenvalue weighted by molar-refractivity contribution is 7.94. The van der Waals surface area contributed by atoms with E-state index in [1.165, 1.54) is 12.1 Å². The van der Waals surface area contributed by atoms with Gasteiger partial charge in [0, 0.05) is 35.3 Å². The van der Waals surface area contributed by atoms with Crippen molar-refractivity contribution in [2.45, 2.75) is 4.90 Å². The van der Waals surface area contributed by atoms with Crippen LogP contribution in [0.3, 0.4) is 0 Å². The zero-order valence-corrected chi connectivity index (χ0v) is 16.1. The van der Waals surface area contributed by atoms with Gasteiger partial charge in [-0.2, -0.15) is 17.3 Å². The number of benzene rings is 2. The minimum Gasteiger partial charge on any atom is -0.277 e. The molecule has 2 aromatic carbocycles. The summed E-state index contributed by atoms with van der Waals surface area (Å²) in [4.78, 5) is 4.15. The summed E-state index contributed by atoms with van der Waals surface area (Å²) in [7, 11) is -3.88. The molecule has 0 fully saturated rings. The van der Waals surface area contributed by atoms with Gasteiger partial charge in [-0.05, 0) is 42.0 Å². The Kier molecular flexibility index (Phi) is 4.85. The molecule has 2 aromatic heterocycles. The lowest BCUT2D eigenvalue weighted by Gasteiger charge is -2.17. The van der Waals surface area contributed by atoms with Crippen LogP contribution in [0.5, 0.6) is 0 Å². The molecular weight excluding hydrogens is 396 g/mol. The van der Waals surface area contributed by atoms with E-state index in [-0.39, 0.29) is 4.90 Å². The number of hydrogen-bond donors (Lipinski definition) is 1. The van der Waals surface area contributed by atoms with E-state index in [0.29, 0.717) is 5.69 Å². The van der Waals surface area contributed by atoms with E-state index in [4.69, 9.17) is 11.8 Å². The second-order valence-corrected chi connectivity index (χ2v) is 8.30. The van der Waals surface area contributed by atoms with Crippen LogP contribution in [-0.2, 0) is 10.0 Å². The van der Waals surface area contributed by atoms with Gasteiger partial charge in [-0.1, -0.05) is 30.3 Å². The lowest BCUT2D eigenvalue weighted by Crippen LogP contribution is -2.21. The number of nitrogens with zero attached hydrogens (tertiary/aromatic N) is 3. The number of aromatic nitrogens is 3. The highest BCUT2D eigenvalue weighted by Crippen LogP contribution is 2.33. The smallest absolute Gasteiger partial charge is 0.277 e. The summed E-state index contributed by atoms with van der Waals surface area (Å²) in [6.45, 7) is 0. The average molecular weight is 411 g/mol. The topological polar surface area (TPSA) is 79.0 Å². The minimum atomic E-state index is -3.88. The molecule has 0 radical (unpaired) electrons. The number of sulfonamides is 1. The molecule has 0 atom stereocenters. The first-order chi connectivity index (χ1) is 13.6. The van der Waals surface area contributed by atoms with Gasteiger partial charge in [-0.25, -0.2) is 0 Å². The first-order valence-corrected chi connectivity index (χ1v) is 10.2. The van der Waals surface area contributed by atoms with Gasteiger partial charge < -0.3 is 0 Å². The summed E-state index contributed by atoms with van der Waals surface area (Å²) in [6.07, 6.45) is 5.13. The van der Waals surface area contributed by atoms with Crippen LogP contribution < -0.4 is 3.82 Å². The predicted octanol–water partition coefficient (Wildman–Crippen LogP) is 4.49. The van der Waals surface area contributed by atoms with Crippen LogP contribution in [0, 0.1) is 0 Å². The van der Waals surface area contributed by atoms with Crippen molar-refractivity contribution in [3.63, 3.8) is 0 Å². The summed E-state index contributed by atoms with van der Waals surface area (Å²) >= 11 is 6.23. The van der Waals surface area contributed by atoms with Crippen molar-refractivity contribution in [3.05, 3.63) is 85.3 Å². The van der Waals surface area contributed by atoms with Crippen molar-refractivity contribution in [2.75, 3.05) is 3.82 Å². The zero-order valence-electron chi connectivity index (χ0n) is 14.5. The van der Waals surface area contributed by atoms with Crippen LogP contribution in [0.15, 0.2) is 90.2 Å². The van der Waals surface area contributed by atoms with E-state index in [0.717, 1.165) is 26.2 Å². The molecule has 0 aliphatic carbocycles. The molecule has 0 unspecified atom stereocenters. The Balaban J connectivity index is 1.73. The number of H-pyrrole nitrogens is 1. The normalized spacial score (nSPS) is 11.3. The van der Waals surface area contributed by atoms with Crippen molar-refractivity contribution in [3.8, 4) is 22.4 Å². The number of pyridine rings is 1. The second-order valence-electron chi connectivity index (χ2n) is 5.98. The quantitative estimate of drug-likeness (QED) is 0.492. The van der Waals surface area contributed by atoms with Gasteiger partial charge in [0.05, 0.1) is 22.5 Å². The molecular formula is C20H15ClN4O2S. The number of nitrogens with one attached hydrogen (secondary N) is 1. The first kappa shape index (κ1) is 18.2. The van der Waals surface area contributed by atoms with Gasteiger partial charge in [0.2, 0.25) is 0 Å². The summed E-state index contributed by atoms with van der Waals surface area (Å²) in [5.41, 5.74) is 3.68. The largest absolute Gasteiger partial charge is 0.278 e. The van der Waals surface area contributed by atoms with E-state index in [9.17, 15) is 8.42 Å². The third-order valence-electron chi connectivity index (χ3n) is 4.22. The molecule has 0 saturated heterocycles. The van der Waals surface area contributed by atoms with Crippen molar-refractivity contribution < 1.29 is 8.42 Å². The van der Waals surface area contributed by atoms with Crippen LogP contribution in [-0.4, -0.2) is 23.6 Å². The molecule has 140 valence electrons. The number of hydrogen-bond acceptors (Lipinski definition) is 4. The Bertz CT molecular complexity index is 1200. The van der Waals surface area contributed by atoms with Crippen LogP contribution in [0.25, 0.3) is 22.4 Å². The molecule has 2 heterocycles. The Morgan fingerprint density at radius 3 is 2.39 bits per heavy atom. The SMILES string of the molecule is O=S(=O)(c1ccccc1)N(Cl)c1cccc(-c2[nH]ncc2-c2ccncc2)c1. The van der Waals surface area contributed by atoms with Gasteiger partial charge in [0.1, 0.15) is 0 Å². The standard InChI is InChI=1S/C20H15ClN4O2S/c21-25(28(26,27)18-7-2-1-3-8-18)17-6-4-5-16(13-17)20-19(14-23-24-20)15-9-11-22-12-10-15/h1-14H,(H,23,24). The average Bonchev–Trinajstić information content (AvgIpc) is 3.24. The highest BCUT2D eigenvalue weighted by atomic mass is 35.5. The van der Waals surface area contributed by atoms with Crippen LogP contribution >= 0.6 is 11.8 Å². The van der Waals surface area contributed by atoms with E-state index >= 15 is 0 Å². The number of halogens is 1. The molecule has 0 bridgehead atoms. The fraction of sp³-hybridized carbons (Fsp3) is 0. The Morgan fingerprint density at radius 2 is 1.64 bits per heavy atom. The maximum absolute atomic E-state index is 12.8. The second kappa shape index (κ2) is 7.46. The Hall–Kier alpha value is -3.16. The molecule has 8 heteroatoms. The lowest BCUT2D eigenvalue weighted by atomic mass is 10.0. The fourth-order valence-corrected chi connectivity index (χ4v) is 4.27. The molecule has 4 aromatic rings. The van der Waals surface area contributed by atoms with E-state index in [1.54, 1.807) is 55.0 Å². The van der Waals surface area contributed by atoms with Crippen LogP contribution in [0.2, 0.25) is 0 Å². The Morgan fingerprint density at radius 1 is 0.893 bits per heavy atom. The lowest BCUT2D eigenvalue weighted by molar-refractivity contribution is 0.598. The summed E-state index contributed by atoms with van der Waals surface area (Å²) in [5.74, 6) is 0. The minimum absolute atomic E-state index is 0.120. The predicted molar refractivity (Wildman–Crippen MR) is 109 cm³/mol. The number of aromatic amines is 1. The van der Waals surface area contributed by atoms with E-state index < -0.39 is 10.0 Å². The molecule has 28 heavy (non-hydrogen) atoms. The third kappa shape index (κ3) is 3.37. The maximum atomic E-state index is 12.8. The molecule has 0 amide bonds. The number of anilines is 1. The summed E-state index contributed by atoms with van der Waals surface area (Å²) < 4.78 is 26.3. The summed E-state index contributed by atoms with van der Waals surface area (Å²) in [6, 6.07) is 18.8. The van der Waals surface area contributed by atoms with E-state index in [1.807, 2.05) is 18.2 Å². The molecule has 1 N–H and O–H groups in total. The Labute approximate surface area is 167 Å². The molecule has 0 aliphatic heterocycles. The molecule has 6 nitrogen and oxygen atoms in total. The van der Waals surface area contributed by atoms with Crippen LogP contribution in [0.1, 0.15) is 0 Å². The third-order valence-corrected chi connectivity index (χ3v) is 6.46. The zero-order chi connectivity index (χ0) is 19.6. The van der Waals surface area contributed by atoms with E-state index in [2.05, 4.69) is 15.2 Å². The van der Waals surface area contributed by atoms with Gasteiger partial charge in [-0.15, -0.1) is 0 Å². The van der Waals surface area contributed by atoms with Crippen LogP contribution in [0.4, 0.5) is 5.69 Å². The molecule has 0 spiro atoms. The number of rotatable bonds is 5. The molecule has 0 saturated carbocycles. The monoisotopic (exact) mass is 410 g/mol. The van der Waals surface area contributed by atoms with Gasteiger partial charge >= 0.3 is 0 Å². The molecule has 0 aliphatic rings. The van der Waals surface area contributed by atoms with Gasteiger partial charge in [-0.3, -0.25) is 10.1 Å². The maximum Gasteiger partial charge on any atom is 0.278 e. The van der Waals surface area contributed by atoms with Gasteiger partial charge in [0.25, 0.3) is 10.0 Å². The first-order valence-electron chi connectivity index (χ1n) is 8.38. The van der Waals surface area contributed by atoms with Crippen molar-refractivity contribution in [1.82, 2.24) is 15.2 Å². The van der Waals surface area contributed by atoms with Gasteiger partial charge in [0.15, 0.2) is 0 Å². The molecule has 4 rings (SSSR count). The van der Waals surface area contributed by atoms with Crippen molar-refractivity contribution in [1.29, 1.82) is 0 Å². The highest BCUT2D eigenvalue weighted by Gasteiger charge is 2.24. The fourth-order valence-electron chi connectivity index (χ4n) is 2.85.